The molecule has 8 nitrogen and oxygen atoms in total. The van der Waals surface area contributed by atoms with Crippen molar-refractivity contribution in [3.63, 3.8) is 0 Å². The molecule has 1 atom stereocenters. The summed E-state index contributed by atoms with van der Waals surface area (Å²) in [5, 5.41) is 0. The lowest BCUT2D eigenvalue weighted by Crippen LogP contribution is -2.32. The third-order valence-electron chi connectivity index (χ3n) is 8.45. The summed E-state index contributed by atoms with van der Waals surface area (Å²) in [5.74, 6) is -0.320. The van der Waals surface area contributed by atoms with Crippen LogP contribution in [0.4, 0.5) is 17.1 Å². The summed E-state index contributed by atoms with van der Waals surface area (Å²) in [6.45, 7) is 6.12. The van der Waals surface area contributed by atoms with E-state index in [0.29, 0.717) is 6.42 Å². The highest BCUT2D eigenvalue weighted by Gasteiger charge is 2.48. The Morgan fingerprint density at radius 1 is 0.881 bits per heavy atom. The summed E-state index contributed by atoms with van der Waals surface area (Å²) in [6.07, 6.45) is 6.81. The summed E-state index contributed by atoms with van der Waals surface area (Å²) in [5.41, 5.74) is 5.51. The maximum Gasteiger partial charge on any atom is 0.294 e. The Morgan fingerprint density at radius 3 is 2.21 bits per heavy atom. The second-order valence-corrected chi connectivity index (χ2v) is 14.5. The Balaban J connectivity index is 1.61. The molecule has 0 spiro atoms. The fraction of sp³-hybridized carbons (Fsp3) is 0.281. The minimum atomic E-state index is -4.34. The molecule has 2 N–H and O–H groups in total. The first kappa shape index (κ1) is 29.9. The molecule has 3 aromatic carbocycles. The van der Waals surface area contributed by atoms with Crippen LogP contribution in [0.3, 0.4) is 0 Å². The number of nitrogens with zero attached hydrogens (tertiary/aromatic N) is 2. The molecule has 42 heavy (non-hydrogen) atoms. The SMILES string of the molecule is CN1/C(=C/C=C/C2=[N+](c3ccccc3)c3ccccc3C2(C)CCCS(=O)(=O)O)C(C)(C)c2cc(S(=O)(=O)O)ccc21. The molecule has 1 unspecified atom stereocenters. The van der Waals surface area contributed by atoms with Crippen LogP contribution in [-0.2, 0) is 31.1 Å². The molecule has 0 aromatic heterocycles. The van der Waals surface area contributed by atoms with Crippen molar-refractivity contribution in [1.82, 2.24) is 4.58 Å². The van der Waals surface area contributed by atoms with Gasteiger partial charge < -0.3 is 4.90 Å². The molecule has 2 heterocycles. The van der Waals surface area contributed by atoms with Crippen LogP contribution in [0.25, 0.3) is 0 Å². The van der Waals surface area contributed by atoms with Crippen molar-refractivity contribution in [3.05, 3.63) is 108 Å². The topological polar surface area (TPSA) is 115 Å². The van der Waals surface area contributed by atoms with E-state index in [2.05, 4.69) is 23.6 Å². The summed E-state index contributed by atoms with van der Waals surface area (Å²) >= 11 is 0. The van der Waals surface area contributed by atoms with Gasteiger partial charge in [-0.05, 0) is 49.6 Å². The zero-order valence-corrected chi connectivity index (χ0v) is 25.7. The van der Waals surface area contributed by atoms with Crippen molar-refractivity contribution in [1.29, 1.82) is 0 Å². The predicted octanol–water partition coefficient (Wildman–Crippen LogP) is 6.02. The van der Waals surface area contributed by atoms with Crippen molar-refractivity contribution in [2.75, 3.05) is 17.7 Å². The van der Waals surface area contributed by atoms with Gasteiger partial charge in [-0.3, -0.25) is 9.11 Å². The zero-order valence-electron chi connectivity index (χ0n) is 24.0. The van der Waals surface area contributed by atoms with E-state index < -0.39 is 31.1 Å². The smallest absolute Gasteiger partial charge is 0.294 e. The molecule has 2 aliphatic rings. The van der Waals surface area contributed by atoms with Gasteiger partial charge in [-0.1, -0.05) is 56.3 Å². The molecule has 0 saturated carbocycles. The Hall–Kier alpha value is -3.57. The van der Waals surface area contributed by atoms with E-state index in [1.807, 2.05) is 86.5 Å². The summed E-state index contributed by atoms with van der Waals surface area (Å²) in [7, 11) is -6.51. The van der Waals surface area contributed by atoms with E-state index >= 15 is 0 Å². The molecule has 0 aliphatic carbocycles. The third-order valence-corrected chi connectivity index (χ3v) is 10.1. The highest BCUT2D eigenvalue weighted by atomic mass is 32.2. The van der Waals surface area contributed by atoms with Gasteiger partial charge in [-0.2, -0.15) is 21.4 Å². The summed E-state index contributed by atoms with van der Waals surface area (Å²) in [6, 6.07) is 22.7. The van der Waals surface area contributed by atoms with Gasteiger partial charge in [0.05, 0.1) is 16.1 Å². The standard InChI is InChI=1S/C32H34N2O6S2/c1-31(2)26-22-24(42(38,39)40)18-19-27(26)33(4)29(31)16-10-17-30-32(3,20-11-21-41(35,36)37)25-14-8-9-15-28(25)34(30)23-12-6-5-7-13-23/h5-10,12-19,22H,11,20-21H2,1-4H3,(H-,35,36,37,38,39,40)/p+1. The van der Waals surface area contributed by atoms with Crippen LogP contribution in [0.15, 0.2) is 102 Å². The van der Waals surface area contributed by atoms with Gasteiger partial charge in [-0.15, -0.1) is 0 Å². The Bertz CT molecular complexity index is 1860. The van der Waals surface area contributed by atoms with Gasteiger partial charge in [-0.25, -0.2) is 0 Å². The van der Waals surface area contributed by atoms with E-state index in [1.165, 1.54) is 12.1 Å². The molecule has 10 heteroatoms. The second kappa shape index (κ2) is 10.6. The minimum absolute atomic E-state index is 0.141. The number of rotatable bonds is 8. The zero-order chi connectivity index (χ0) is 30.5. The highest BCUT2D eigenvalue weighted by molar-refractivity contribution is 7.86. The molecule has 2 aliphatic heterocycles. The monoisotopic (exact) mass is 607 g/mol. The van der Waals surface area contributed by atoms with Crippen LogP contribution in [0, 0.1) is 0 Å². The molecule has 5 rings (SSSR count). The molecular formula is C32H35N2O6S2+. The lowest BCUT2D eigenvalue weighted by molar-refractivity contribution is 0.474. The maximum atomic E-state index is 11.8. The van der Waals surface area contributed by atoms with Crippen LogP contribution in [0.5, 0.6) is 0 Å². The summed E-state index contributed by atoms with van der Waals surface area (Å²) < 4.78 is 68.0. The van der Waals surface area contributed by atoms with Crippen LogP contribution < -0.4 is 9.48 Å². The van der Waals surface area contributed by atoms with Crippen LogP contribution in [0.2, 0.25) is 0 Å². The number of likely N-dealkylation sites (N-methyl/N-ethyl adjacent to an activating group) is 1. The van der Waals surface area contributed by atoms with E-state index in [-0.39, 0.29) is 17.1 Å². The average molecular weight is 608 g/mol. The lowest BCUT2D eigenvalue weighted by Gasteiger charge is -2.24. The largest absolute Gasteiger partial charge is 0.347 e. The first-order valence-corrected chi connectivity index (χ1v) is 16.7. The van der Waals surface area contributed by atoms with Gasteiger partial charge in [0.2, 0.25) is 11.4 Å². The molecule has 3 aromatic rings. The van der Waals surface area contributed by atoms with Gasteiger partial charge in [0, 0.05) is 53.7 Å². The first-order chi connectivity index (χ1) is 19.6. The normalized spacial score (nSPS) is 20.9. The molecule has 0 fully saturated rings. The maximum absolute atomic E-state index is 11.8. The van der Waals surface area contributed by atoms with Crippen LogP contribution >= 0.6 is 0 Å². The number of fused-ring (bicyclic) bond motifs is 2. The Labute approximate surface area is 247 Å². The van der Waals surface area contributed by atoms with Crippen molar-refractivity contribution in [3.8, 4) is 0 Å². The van der Waals surface area contributed by atoms with E-state index in [0.717, 1.165) is 39.6 Å². The highest BCUT2D eigenvalue weighted by Crippen LogP contribution is 2.48. The van der Waals surface area contributed by atoms with Crippen molar-refractivity contribution < 1.29 is 25.9 Å². The fourth-order valence-electron chi connectivity index (χ4n) is 6.34. The predicted molar refractivity (Wildman–Crippen MR) is 167 cm³/mol. The van der Waals surface area contributed by atoms with Crippen LogP contribution in [-0.4, -0.2) is 44.5 Å². The quantitative estimate of drug-likeness (QED) is 0.238. The van der Waals surface area contributed by atoms with Gasteiger partial charge >= 0.3 is 0 Å². The first-order valence-electron chi connectivity index (χ1n) is 13.7. The molecule has 220 valence electrons. The van der Waals surface area contributed by atoms with E-state index in [9.17, 15) is 25.9 Å². The lowest BCUT2D eigenvalue weighted by atomic mass is 9.75. The van der Waals surface area contributed by atoms with E-state index in [4.69, 9.17) is 0 Å². The number of hydrogen-bond donors (Lipinski definition) is 2. The fourth-order valence-corrected chi connectivity index (χ4v) is 7.36. The third kappa shape index (κ3) is 5.35. The van der Waals surface area contributed by atoms with E-state index in [1.54, 1.807) is 6.07 Å². The number of para-hydroxylation sites is 2. The summed E-state index contributed by atoms with van der Waals surface area (Å²) in [4.78, 5) is 1.87. The number of allylic oxidation sites excluding steroid dienone is 4. The van der Waals surface area contributed by atoms with Crippen molar-refractivity contribution in [2.45, 2.75) is 49.3 Å². The number of hydrogen-bond acceptors (Lipinski definition) is 5. The number of anilines is 1. The molecule has 0 amide bonds. The average Bonchev–Trinajstić information content (AvgIpc) is 3.28. The second-order valence-electron chi connectivity index (χ2n) is 11.5. The van der Waals surface area contributed by atoms with Crippen molar-refractivity contribution >= 4 is 43.0 Å². The molecular weight excluding hydrogens is 572 g/mol. The van der Waals surface area contributed by atoms with Gasteiger partial charge in [0.1, 0.15) is 0 Å². The molecule has 0 bridgehead atoms. The molecule has 0 saturated heterocycles. The van der Waals surface area contributed by atoms with Crippen LogP contribution in [0.1, 0.15) is 44.7 Å². The Morgan fingerprint density at radius 2 is 1.55 bits per heavy atom. The van der Waals surface area contributed by atoms with Gasteiger partial charge in [0.15, 0.2) is 5.71 Å². The molecule has 0 radical (unpaired) electrons. The number of benzene rings is 3. The van der Waals surface area contributed by atoms with Gasteiger partial charge in [0.25, 0.3) is 20.2 Å². The van der Waals surface area contributed by atoms with Crippen molar-refractivity contribution in [2.24, 2.45) is 0 Å². The minimum Gasteiger partial charge on any atom is -0.347 e. The Kier molecular flexibility index (Phi) is 7.55.